The molecule has 0 saturated carbocycles. The van der Waals surface area contributed by atoms with Crippen LogP contribution < -0.4 is 16.0 Å². The molecule has 0 atom stereocenters. The highest BCUT2D eigenvalue weighted by molar-refractivity contribution is 5.81. The van der Waals surface area contributed by atoms with Gasteiger partial charge in [0.2, 0.25) is 17.8 Å². The van der Waals surface area contributed by atoms with E-state index in [1.54, 1.807) is 0 Å². The summed E-state index contributed by atoms with van der Waals surface area (Å²) in [7, 11) is 0. The Bertz CT molecular complexity index is 525. The molecule has 3 N–H and O–H groups in total. The van der Waals surface area contributed by atoms with E-state index < -0.39 is 0 Å². The van der Waals surface area contributed by atoms with Crippen LogP contribution in [0.25, 0.3) is 0 Å². The SMILES string of the molecule is C=CC(=O)OCCCCCNc1nc(NCCCC)nc(NCCCC)n1. The molecular formula is C19H34N6O2. The molecule has 0 saturated heterocycles. The number of carbonyl (C=O) groups excluding carboxylic acids is 1. The van der Waals surface area contributed by atoms with Gasteiger partial charge in [0.15, 0.2) is 0 Å². The van der Waals surface area contributed by atoms with Gasteiger partial charge in [0.25, 0.3) is 0 Å². The van der Waals surface area contributed by atoms with Crippen molar-refractivity contribution in [2.75, 3.05) is 42.2 Å². The van der Waals surface area contributed by atoms with Gasteiger partial charge in [-0.1, -0.05) is 33.3 Å². The van der Waals surface area contributed by atoms with Crippen LogP contribution in [0.5, 0.6) is 0 Å². The Morgan fingerprint density at radius 1 is 0.852 bits per heavy atom. The standard InChI is InChI=1S/C19H34N6O2/c1-4-7-12-20-17-23-18(21-13-8-5-2)25-19(24-17)22-14-10-9-11-15-27-16(26)6-3/h6H,3-5,7-15H2,1-2H3,(H3,20,21,22,23,24,25). The quantitative estimate of drug-likeness (QED) is 0.228. The first kappa shape index (κ1) is 22.7. The molecular weight excluding hydrogens is 344 g/mol. The molecule has 0 aliphatic carbocycles. The molecule has 0 aliphatic rings. The summed E-state index contributed by atoms with van der Waals surface area (Å²) < 4.78 is 4.95. The Morgan fingerprint density at radius 3 is 1.78 bits per heavy atom. The summed E-state index contributed by atoms with van der Waals surface area (Å²) in [6.45, 7) is 10.5. The number of carbonyl (C=O) groups is 1. The van der Waals surface area contributed by atoms with Gasteiger partial charge in [0.05, 0.1) is 6.61 Å². The van der Waals surface area contributed by atoms with Gasteiger partial charge in [-0.25, -0.2) is 4.79 Å². The van der Waals surface area contributed by atoms with E-state index in [-0.39, 0.29) is 5.97 Å². The van der Waals surface area contributed by atoms with E-state index in [2.05, 4.69) is 51.3 Å². The number of hydrogen-bond acceptors (Lipinski definition) is 8. The molecule has 0 spiro atoms. The smallest absolute Gasteiger partial charge is 0.330 e. The van der Waals surface area contributed by atoms with Crippen molar-refractivity contribution in [3.05, 3.63) is 12.7 Å². The van der Waals surface area contributed by atoms with Gasteiger partial charge in [-0.15, -0.1) is 0 Å². The van der Waals surface area contributed by atoms with Crippen LogP contribution in [-0.2, 0) is 9.53 Å². The summed E-state index contributed by atoms with van der Waals surface area (Å²) in [5.41, 5.74) is 0. The summed E-state index contributed by atoms with van der Waals surface area (Å²) in [5.74, 6) is 1.39. The second-order valence-electron chi connectivity index (χ2n) is 6.23. The number of nitrogens with zero attached hydrogens (tertiary/aromatic N) is 3. The van der Waals surface area contributed by atoms with Gasteiger partial charge in [0.1, 0.15) is 0 Å². The molecule has 0 fully saturated rings. The molecule has 27 heavy (non-hydrogen) atoms. The lowest BCUT2D eigenvalue weighted by Gasteiger charge is -2.11. The molecule has 1 aromatic heterocycles. The Morgan fingerprint density at radius 2 is 1.33 bits per heavy atom. The van der Waals surface area contributed by atoms with Crippen LogP contribution in [-0.4, -0.2) is 47.2 Å². The molecule has 8 nitrogen and oxygen atoms in total. The van der Waals surface area contributed by atoms with Gasteiger partial charge < -0.3 is 20.7 Å². The number of rotatable bonds is 16. The third kappa shape index (κ3) is 11.0. The predicted molar refractivity (Wildman–Crippen MR) is 110 cm³/mol. The number of esters is 1. The van der Waals surface area contributed by atoms with Crippen molar-refractivity contribution in [3.63, 3.8) is 0 Å². The predicted octanol–water partition coefficient (Wildman–Crippen LogP) is 3.61. The molecule has 0 radical (unpaired) electrons. The minimum atomic E-state index is -0.371. The minimum absolute atomic E-state index is 0.371. The lowest BCUT2D eigenvalue weighted by atomic mass is 10.2. The monoisotopic (exact) mass is 378 g/mol. The van der Waals surface area contributed by atoms with E-state index in [4.69, 9.17) is 4.74 Å². The fourth-order valence-electron chi connectivity index (χ4n) is 2.20. The molecule has 152 valence electrons. The maximum atomic E-state index is 11.0. The second kappa shape index (κ2) is 14.8. The molecule has 0 unspecified atom stereocenters. The normalized spacial score (nSPS) is 10.3. The third-order valence-corrected chi connectivity index (χ3v) is 3.78. The van der Waals surface area contributed by atoms with Crippen LogP contribution in [0.4, 0.5) is 17.8 Å². The van der Waals surface area contributed by atoms with Crippen LogP contribution >= 0.6 is 0 Å². The van der Waals surface area contributed by atoms with Gasteiger partial charge >= 0.3 is 5.97 Å². The van der Waals surface area contributed by atoms with E-state index in [9.17, 15) is 4.79 Å². The fraction of sp³-hybridized carbons (Fsp3) is 0.684. The van der Waals surface area contributed by atoms with Crippen LogP contribution in [0.2, 0.25) is 0 Å². The van der Waals surface area contributed by atoms with Crippen LogP contribution in [0.3, 0.4) is 0 Å². The first-order valence-corrected chi connectivity index (χ1v) is 9.96. The maximum absolute atomic E-state index is 11.0. The van der Waals surface area contributed by atoms with Crippen molar-refractivity contribution < 1.29 is 9.53 Å². The maximum Gasteiger partial charge on any atom is 0.330 e. The number of ether oxygens (including phenoxy) is 1. The summed E-state index contributed by atoms with van der Waals surface area (Å²) in [4.78, 5) is 24.3. The molecule has 0 aliphatic heterocycles. The Balaban J connectivity index is 2.43. The number of anilines is 3. The zero-order chi connectivity index (χ0) is 19.7. The zero-order valence-corrected chi connectivity index (χ0v) is 16.7. The van der Waals surface area contributed by atoms with Crippen molar-refractivity contribution in [1.29, 1.82) is 0 Å². The average molecular weight is 379 g/mol. The molecule has 1 heterocycles. The van der Waals surface area contributed by atoms with E-state index in [0.717, 1.165) is 64.6 Å². The molecule has 8 heteroatoms. The zero-order valence-electron chi connectivity index (χ0n) is 16.7. The summed E-state index contributed by atoms with van der Waals surface area (Å²) in [5, 5.41) is 9.76. The Kier molecular flexibility index (Phi) is 12.4. The van der Waals surface area contributed by atoms with Gasteiger partial charge in [-0.05, 0) is 32.1 Å². The second-order valence-corrected chi connectivity index (χ2v) is 6.23. The van der Waals surface area contributed by atoms with Crippen molar-refractivity contribution in [3.8, 4) is 0 Å². The summed E-state index contributed by atoms with van der Waals surface area (Å²) in [6, 6.07) is 0. The number of unbranched alkanes of at least 4 members (excludes halogenated alkanes) is 4. The van der Waals surface area contributed by atoms with Crippen molar-refractivity contribution >= 4 is 23.8 Å². The van der Waals surface area contributed by atoms with Crippen LogP contribution in [0.1, 0.15) is 58.8 Å². The number of nitrogens with one attached hydrogen (secondary N) is 3. The summed E-state index contributed by atoms with van der Waals surface area (Å²) in [6.07, 6.45) is 8.28. The average Bonchev–Trinajstić information content (AvgIpc) is 2.67. The van der Waals surface area contributed by atoms with E-state index in [1.165, 1.54) is 6.08 Å². The Labute approximate surface area is 162 Å². The van der Waals surface area contributed by atoms with Crippen LogP contribution in [0.15, 0.2) is 12.7 Å². The lowest BCUT2D eigenvalue weighted by molar-refractivity contribution is -0.137. The Hall–Kier alpha value is -2.38. The van der Waals surface area contributed by atoms with Crippen molar-refractivity contribution in [2.24, 2.45) is 0 Å². The van der Waals surface area contributed by atoms with Crippen molar-refractivity contribution in [1.82, 2.24) is 15.0 Å². The number of hydrogen-bond donors (Lipinski definition) is 3. The van der Waals surface area contributed by atoms with Gasteiger partial charge in [-0.3, -0.25) is 0 Å². The molecule has 1 aromatic rings. The first-order chi connectivity index (χ1) is 13.2. The highest BCUT2D eigenvalue weighted by Gasteiger charge is 2.06. The van der Waals surface area contributed by atoms with E-state index in [0.29, 0.717) is 24.5 Å². The van der Waals surface area contributed by atoms with E-state index in [1.807, 2.05) is 0 Å². The van der Waals surface area contributed by atoms with Crippen molar-refractivity contribution in [2.45, 2.75) is 58.8 Å². The third-order valence-electron chi connectivity index (χ3n) is 3.78. The molecule has 1 rings (SSSR count). The topological polar surface area (TPSA) is 101 Å². The number of aromatic nitrogens is 3. The molecule has 0 amide bonds. The first-order valence-electron chi connectivity index (χ1n) is 9.96. The lowest BCUT2D eigenvalue weighted by Crippen LogP contribution is -2.14. The fourth-order valence-corrected chi connectivity index (χ4v) is 2.20. The van der Waals surface area contributed by atoms with E-state index >= 15 is 0 Å². The summed E-state index contributed by atoms with van der Waals surface area (Å²) >= 11 is 0. The minimum Gasteiger partial charge on any atom is -0.463 e. The highest BCUT2D eigenvalue weighted by atomic mass is 16.5. The van der Waals surface area contributed by atoms with Gasteiger partial charge in [0, 0.05) is 25.7 Å². The van der Waals surface area contributed by atoms with Gasteiger partial charge in [-0.2, -0.15) is 15.0 Å². The van der Waals surface area contributed by atoms with Crippen LogP contribution in [0, 0.1) is 0 Å². The molecule has 0 aromatic carbocycles. The highest BCUT2D eigenvalue weighted by Crippen LogP contribution is 2.10. The largest absolute Gasteiger partial charge is 0.463 e. The molecule has 0 bridgehead atoms.